The molecule has 0 spiro atoms. The molecule has 1 aliphatic rings. The number of carbonyl (C=O) groups is 1. The summed E-state index contributed by atoms with van der Waals surface area (Å²) < 4.78 is 13.0. The van der Waals surface area contributed by atoms with Gasteiger partial charge in [0.15, 0.2) is 0 Å². The van der Waals surface area contributed by atoms with Crippen molar-refractivity contribution in [3.8, 4) is 0 Å². The minimum atomic E-state index is -0.320. The zero-order valence-electron chi connectivity index (χ0n) is 18.1. The van der Waals surface area contributed by atoms with E-state index in [2.05, 4.69) is 40.2 Å². The van der Waals surface area contributed by atoms with Gasteiger partial charge in [0.1, 0.15) is 5.82 Å². The molecular weight excluding hydrogens is 395 g/mol. The third kappa shape index (κ3) is 7.84. The summed E-state index contributed by atoms with van der Waals surface area (Å²) in [6, 6.07) is 14.9. The average molecular weight is 429 g/mol. The Morgan fingerprint density at radius 1 is 1.10 bits per heavy atom. The summed E-state index contributed by atoms with van der Waals surface area (Å²) in [5.41, 5.74) is 3.24. The third-order valence-corrected chi connectivity index (χ3v) is 5.49. The van der Waals surface area contributed by atoms with Crippen LogP contribution in [0.3, 0.4) is 0 Å². The molecule has 0 saturated carbocycles. The van der Waals surface area contributed by atoms with Crippen molar-refractivity contribution < 1.29 is 14.3 Å². The van der Waals surface area contributed by atoms with E-state index in [1.165, 1.54) is 17.7 Å². The Bertz CT molecular complexity index is 803. The van der Waals surface area contributed by atoms with Crippen molar-refractivity contribution in [1.29, 1.82) is 0 Å². The normalized spacial score (nSPS) is 15.5. The maximum Gasteiger partial charge on any atom is 0.317 e. The molecule has 1 fully saturated rings. The number of amides is 2. The van der Waals surface area contributed by atoms with E-state index in [1.807, 2.05) is 4.90 Å². The fraction of sp³-hybridized carbons (Fsp3) is 0.458. The van der Waals surface area contributed by atoms with Gasteiger partial charge in [0.05, 0.1) is 6.10 Å². The number of benzene rings is 2. The number of hydrogen-bond donors (Lipinski definition) is 4. The van der Waals surface area contributed by atoms with E-state index in [-0.39, 0.29) is 18.0 Å². The van der Waals surface area contributed by atoms with Crippen LogP contribution in [0, 0.1) is 5.82 Å². The molecule has 1 saturated heterocycles. The van der Waals surface area contributed by atoms with Crippen molar-refractivity contribution in [3.63, 3.8) is 0 Å². The number of aliphatic hydroxyl groups excluding tert-OH is 1. The molecule has 2 amide bonds. The molecule has 31 heavy (non-hydrogen) atoms. The molecule has 0 aliphatic carbocycles. The quantitative estimate of drug-likeness (QED) is 0.463. The van der Waals surface area contributed by atoms with Crippen LogP contribution in [0.4, 0.5) is 14.9 Å². The number of nitrogens with zero attached hydrogens (tertiary/aromatic N) is 1. The maximum atomic E-state index is 13.0. The van der Waals surface area contributed by atoms with Crippen LogP contribution >= 0.6 is 0 Å². The average Bonchev–Trinajstić information content (AvgIpc) is 2.77. The Hall–Kier alpha value is -2.64. The second-order valence-electron chi connectivity index (χ2n) is 8.19. The predicted octanol–water partition coefficient (Wildman–Crippen LogP) is 3.12. The Kier molecular flexibility index (Phi) is 8.67. The summed E-state index contributed by atoms with van der Waals surface area (Å²) >= 11 is 0. The smallest absolute Gasteiger partial charge is 0.317 e. The largest absolute Gasteiger partial charge is 0.392 e. The molecule has 3 rings (SSSR count). The number of hydrogen-bond acceptors (Lipinski definition) is 4. The molecular formula is C24H33FN4O2. The van der Waals surface area contributed by atoms with E-state index in [9.17, 15) is 14.3 Å². The Morgan fingerprint density at radius 2 is 1.74 bits per heavy atom. The van der Waals surface area contributed by atoms with Crippen molar-refractivity contribution in [3.05, 3.63) is 65.5 Å². The van der Waals surface area contributed by atoms with Crippen LogP contribution in [-0.4, -0.2) is 54.4 Å². The van der Waals surface area contributed by atoms with E-state index in [1.54, 1.807) is 19.1 Å². The zero-order valence-corrected chi connectivity index (χ0v) is 18.1. The first-order valence-electron chi connectivity index (χ1n) is 11.0. The van der Waals surface area contributed by atoms with Gasteiger partial charge in [-0.1, -0.05) is 24.3 Å². The molecule has 168 valence electrons. The summed E-state index contributed by atoms with van der Waals surface area (Å²) in [6.07, 6.45) is 2.40. The van der Waals surface area contributed by atoms with E-state index in [0.29, 0.717) is 32.2 Å². The fourth-order valence-corrected chi connectivity index (χ4v) is 3.67. The molecule has 1 heterocycles. The summed E-state index contributed by atoms with van der Waals surface area (Å²) in [5, 5.41) is 19.0. The van der Waals surface area contributed by atoms with Crippen LogP contribution in [0.2, 0.25) is 0 Å². The number of likely N-dealkylation sites (tertiary alicyclic amines) is 1. The maximum absolute atomic E-state index is 13.0. The lowest BCUT2D eigenvalue weighted by Gasteiger charge is -2.33. The van der Waals surface area contributed by atoms with E-state index in [0.717, 1.165) is 37.1 Å². The summed E-state index contributed by atoms with van der Waals surface area (Å²) in [5.74, 6) is -0.274. The van der Waals surface area contributed by atoms with Crippen molar-refractivity contribution in [2.75, 3.05) is 31.5 Å². The van der Waals surface area contributed by atoms with Crippen molar-refractivity contribution >= 4 is 11.7 Å². The number of aliphatic hydroxyl groups is 1. The highest BCUT2D eigenvalue weighted by Crippen LogP contribution is 2.18. The van der Waals surface area contributed by atoms with E-state index < -0.39 is 0 Å². The fourth-order valence-electron chi connectivity index (χ4n) is 3.67. The van der Waals surface area contributed by atoms with Crippen molar-refractivity contribution in [1.82, 2.24) is 15.5 Å². The van der Waals surface area contributed by atoms with Crippen LogP contribution in [0.25, 0.3) is 0 Å². The van der Waals surface area contributed by atoms with Crippen molar-refractivity contribution in [2.45, 2.75) is 44.9 Å². The molecule has 2 aromatic carbocycles. The van der Waals surface area contributed by atoms with Gasteiger partial charge in [-0.15, -0.1) is 0 Å². The number of halogens is 1. The van der Waals surface area contributed by atoms with E-state index >= 15 is 0 Å². The molecule has 6 nitrogen and oxygen atoms in total. The van der Waals surface area contributed by atoms with Crippen LogP contribution in [0.1, 0.15) is 30.9 Å². The molecule has 7 heteroatoms. The summed E-state index contributed by atoms with van der Waals surface area (Å²) in [7, 11) is 0. The highest BCUT2D eigenvalue weighted by Gasteiger charge is 2.22. The second-order valence-corrected chi connectivity index (χ2v) is 8.19. The summed E-state index contributed by atoms with van der Waals surface area (Å²) in [6.45, 7) is 5.05. The highest BCUT2D eigenvalue weighted by molar-refractivity contribution is 5.74. The monoisotopic (exact) mass is 428 g/mol. The lowest BCUT2D eigenvalue weighted by molar-refractivity contribution is 0.183. The number of rotatable bonds is 9. The molecule has 2 aromatic rings. The molecule has 0 aromatic heterocycles. The number of carbonyl (C=O) groups excluding carboxylic acids is 1. The van der Waals surface area contributed by atoms with E-state index in [4.69, 9.17) is 0 Å². The minimum Gasteiger partial charge on any atom is -0.392 e. The Morgan fingerprint density at radius 3 is 2.39 bits per heavy atom. The van der Waals surface area contributed by atoms with Gasteiger partial charge in [-0.25, -0.2) is 9.18 Å². The molecule has 1 aliphatic heterocycles. The van der Waals surface area contributed by atoms with Gasteiger partial charge >= 0.3 is 6.03 Å². The zero-order chi connectivity index (χ0) is 22.1. The molecule has 1 atom stereocenters. The molecule has 4 N–H and O–H groups in total. The topological polar surface area (TPSA) is 76.6 Å². The second kappa shape index (κ2) is 11.7. The number of urea groups is 1. The third-order valence-electron chi connectivity index (χ3n) is 5.49. The van der Waals surface area contributed by atoms with Gasteiger partial charge in [0.2, 0.25) is 0 Å². The van der Waals surface area contributed by atoms with Crippen molar-refractivity contribution in [2.24, 2.45) is 0 Å². The predicted molar refractivity (Wildman–Crippen MR) is 122 cm³/mol. The van der Waals surface area contributed by atoms with Gasteiger partial charge in [-0.2, -0.15) is 0 Å². The highest BCUT2D eigenvalue weighted by atomic mass is 19.1. The number of piperidine rings is 1. The number of nitrogens with one attached hydrogen (secondary N) is 3. The van der Waals surface area contributed by atoms with Gasteiger partial charge in [-0.05, 0) is 68.1 Å². The SMILES string of the molecule is C[C@H](O)CNCCc1ccc(NC2CCN(C(=O)NCc3ccc(F)cc3)CC2)cc1. The minimum absolute atomic E-state index is 0.0728. The van der Waals surface area contributed by atoms with Crippen LogP contribution < -0.4 is 16.0 Å². The van der Waals surface area contributed by atoms with Gasteiger partial charge < -0.3 is 26.0 Å². The first kappa shape index (κ1) is 23.0. The van der Waals surface area contributed by atoms with Gasteiger partial charge in [0.25, 0.3) is 0 Å². The molecule has 0 bridgehead atoms. The lowest BCUT2D eigenvalue weighted by atomic mass is 10.0. The lowest BCUT2D eigenvalue weighted by Crippen LogP contribution is -2.46. The Balaban J connectivity index is 1.35. The first-order chi connectivity index (χ1) is 15.0. The molecule has 0 radical (unpaired) electrons. The van der Waals surface area contributed by atoms with Gasteiger partial charge in [0, 0.05) is 37.9 Å². The molecule has 0 unspecified atom stereocenters. The van der Waals surface area contributed by atoms with Crippen LogP contribution in [-0.2, 0) is 13.0 Å². The van der Waals surface area contributed by atoms with Crippen LogP contribution in [0.5, 0.6) is 0 Å². The Labute approximate surface area is 183 Å². The van der Waals surface area contributed by atoms with Gasteiger partial charge in [-0.3, -0.25) is 0 Å². The number of anilines is 1. The summed E-state index contributed by atoms with van der Waals surface area (Å²) in [4.78, 5) is 14.2. The standard InChI is InChI=1S/C24H33FN4O2/c1-18(30)16-26-13-10-19-4-8-22(9-5-19)28-23-11-14-29(15-12-23)24(31)27-17-20-2-6-21(25)7-3-20/h2-9,18,23,26,28,30H,10-17H2,1H3,(H,27,31)/t18-/m0/s1. The van der Waals surface area contributed by atoms with Crippen LogP contribution in [0.15, 0.2) is 48.5 Å². The first-order valence-corrected chi connectivity index (χ1v) is 11.0.